The monoisotopic (exact) mass is 367 g/mol. The van der Waals surface area contributed by atoms with Crippen LogP contribution in [0.1, 0.15) is 15.9 Å². The van der Waals surface area contributed by atoms with Crippen LogP contribution in [0.25, 0.3) is 0 Å². The van der Waals surface area contributed by atoms with E-state index in [-0.39, 0.29) is 11.8 Å². The van der Waals surface area contributed by atoms with Crippen molar-refractivity contribution in [2.45, 2.75) is 6.92 Å². The van der Waals surface area contributed by atoms with Crippen LogP contribution in [0.15, 0.2) is 48.5 Å². The molecule has 2 aromatic carbocycles. The van der Waals surface area contributed by atoms with E-state index in [0.717, 1.165) is 26.2 Å². The van der Waals surface area contributed by atoms with E-state index < -0.39 is 0 Å². The molecule has 3 rings (SSSR count). The molecule has 0 radical (unpaired) electrons. The summed E-state index contributed by atoms with van der Waals surface area (Å²) in [5.74, 6) is -0.188. The van der Waals surface area contributed by atoms with Crippen molar-refractivity contribution >= 4 is 23.2 Å². The molecular formula is C21H27N4O2+. The summed E-state index contributed by atoms with van der Waals surface area (Å²) in [5, 5.41) is 5.50. The van der Waals surface area contributed by atoms with Crippen molar-refractivity contribution in [1.82, 2.24) is 5.32 Å². The van der Waals surface area contributed by atoms with E-state index in [2.05, 4.69) is 46.7 Å². The van der Waals surface area contributed by atoms with Crippen LogP contribution in [0.5, 0.6) is 0 Å². The highest BCUT2D eigenvalue weighted by Gasteiger charge is 2.23. The summed E-state index contributed by atoms with van der Waals surface area (Å²) in [4.78, 5) is 27.8. The molecule has 0 aromatic heterocycles. The Morgan fingerprint density at radius 2 is 1.81 bits per heavy atom. The molecule has 1 saturated heterocycles. The number of hydrogen-bond donors (Lipinski definition) is 3. The Morgan fingerprint density at radius 3 is 2.52 bits per heavy atom. The van der Waals surface area contributed by atoms with Gasteiger partial charge in [-0.05, 0) is 36.8 Å². The third kappa shape index (κ3) is 4.86. The smallest absolute Gasteiger partial charge is 0.279 e. The van der Waals surface area contributed by atoms with Crippen LogP contribution in [0.3, 0.4) is 0 Å². The van der Waals surface area contributed by atoms with E-state index in [4.69, 9.17) is 0 Å². The maximum Gasteiger partial charge on any atom is 0.279 e. The Morgan fingerprint density at radius 1 is 1.07 bits per heavy atom. The highest BCUT2D eigenvalue weighted by molar-refractivity contribution is 5.97. The van der Waals surface area contributed by atoms with Gasteiger partial charge in [0.05, 0.1) is 26.2 Å². The second-order valence-electron chi connectivity index (χ2n) is 6.91. The first kappa shape index (κ1) is 18.9. The van der Waals surface area contributed by atoms with Crippen molar-refractivity contribution in [2.24, 2.45) is 0 Å². The Bertz CT molecular complexity index is 813. The summed E-state index contributed by atoms with van der Waals surface area (Å²) in [5.41, 5.74) is 3.76. The average molecular weight is 367 g/mol. The molecule has 3 N–H and O–H groups in total. The zero-order valence-corrected chi connectivity index (χ0v) is 15.9. The molecule has 6 heteroatoms. The van der Waals surface area contributed by atoms with Gasteiger partial charge in [-0.3, -0.25) is 9.59 Å². The molecule has 0 bridgehead atoms. The number of amides is 2. The normalized spacial score (nSPS) is 14.7. The van der Waals surface area contributed by atoms with Crippen LogP contribution in [-0.4, -0.2) is 51.6 Å². The van der Waals surface area contributed by atoms with Crippen LogP contribution in [-0.2, 0) is 4.79 Å². The molecule has 6 nitrogen and oxygen atoms in total. The lowest BCUT2D eigenvalue weighted by molar-refractivity contribution is -0.892. The predicted octanol–water partition coefficient (Wildman–Crippen LogP) is 0.698. The molecule has 1 aliphatic heterocycles. The number of rotatable bonds is 5. The van der Waals surface area contributed by atoms with E-state index in [1.165, 1.54) is 16.2 Å². The predicted molar refractivity (Wildman–Crippen MR) is 107 cm³/mol. The molecule has 0 aliphatic carbocycles. The molecule has 2 aromatic rings. The van der Waals surface area contributed by atoms with Crippen LogP contribution < -0.4 is 20.4 Å². The number of benzene rings is 2. The Labute approximate surface area is 160 Å². The lowest BCUT2D eigenvalue weighted by Crippen LogP contribution is -3.15. The van der Waals surface area contributed by atoms with Gasteiger partial charge in [-0.25, -0.2) is 0 Å². The largest absolute Gasteiger partial charge is 0.360 e. The molecular weight excluding hydrogens is 340 g/mol. The number of quaternary nitrogens is 1. The first-order chi connectivity index (χ1) is 13.1. The number of anilines is 2. The highest BCUT2D eigenvalue weighted by atomic mass is 16.2. The molecule has 2 amide bonds. The zero-order chi connectivity index (χ0) is 19.2. The van der Waals surface area contributed by atoms with Gasteiger partial charge in [0.25, 0.3) is 11.8 Å². The Kier molecular flexibility index (Phi) is 6.08. The van der Waals surface area contributed by atoms with E-state index in [1.54, 1.807) is 31.3 Å². The van der Waals surface area contributed by atoms with Gasteiger partial charge >= 0.3 is 0 Å². The minimum absolute atomic E-state index is 0.0246. The van der Waals surface area contributed by atoms with E-state index >= 15 is 0 Å². The zero-order valence-electron chi connectivity index (χ0n) is 15.9. The van der Waals surface area contributed by atoms with Crippen molar-refractivity contribution < 1.29 is 14.5 Å². The Balaban J connectivity index is 1.51. The van der Waals surface area contributed by atoms with E-state index in [9.17, 15) is 9.59 Å². The number of nitrogens with one attached hydrogen (secondary N) is 3. The topological polar surface area (TPSA) is 65.9 Å². The second kappa shape index (κ2) is 8.68. The SMILES string of the molecule is CNC(=O)c1cccc(NC(=O)C[NH+]2CCN(c3ccccc3C)CC2)c1. The molecule has 1 heterocycles. The first-order valence-electron chi connectivity index (χ1n) is 9.33. The molecule has 0 spiro atoms. The van der Waals surface area contributed by atoms with Crippen molar-refractivity contribution in [1.29, 1.82) is 0 Å². The lowest BCUT2D eigenvalue weighted by Gasteiger charge is -2.34. The minimum Gasteiger partial charge on any atom is -0.360 e. The van der Waals surface area contributed by atoms with Crippen molar-refractivity contribution in [3.05, 3.63) is 59.7 Å². The highest BCUT2D eigenvalue weighted by Crippen LogP contribution is 2.18. The molecule has 27 heavy (non-hydrogen) atoms. The van der Waals surface area contributed by atoms with Gasteiger partial charge in [0, 0.05) is 24.0 Å². The molecule has 0 unspecified atom stereocenters. The van der Waals surface area contributed by atoms with Gasteiger partial charge in [-0.1, -0.05) is 24.3 Å². The molecule has 1 aliphatic rings. The van der Waals surface area contributed by atoms with Crippen LogP contribution in [0, 0.1) is 6.92 Å². The summed E-state index contributed by atoms with van der Waals surface area (Å²) < 4.78 is 0. The average Bonchev–Trinajstić information content (AvgIpc) is 2.68. The number of carbonyl (C=O) groups excluding carboxylic acids is 2. The van der Waals surface area contributed by atoms with Gasteiger partial charge in [0.1, 0.15) is 0 Å². The number of para-hydroxylation sites is 1. The van der Waals surface area contributed by atoms with Crippen molar-refractivity contribution in [3.63, 3.8) is 0 Å². The molecule has 0 saturated carbocycles. The summed E-state index contributed by atoms with van der Waals surface area (Å²) in [6.45, 7) is 6.32. The third-order valence-electron chi connectivity index (χ3n) is 4.97. The number of nitrogens with zero attached hydrogens (tertiary/aromatic N) is 1. The van der Waals surface area contributed by atoms with Gasteiger partial charge in [-0.2, -0.15) is 0 Å². The maximum atomic E-state index is 12.4. The molecule has 0 atom stereocenters. The van der Waals surface area contributed by atoms with E-state index in [1.807, 2.05) is 0 Å². The third-order valence-corrected chi connectivity index (χ3v) is 4.97. The van der Waals surface area contributed by atoms with Gasteiger partial charge in [0.15, 0.2) is 6.54 Å². The van der Waals surface area contributed by atoms with Gasteiger partial charge < -0.3 is 20.4 Å². The first-order valence-corrected chi connectivity index (χ1v) is 9.33. The summed E-state index contributed by atoms with van der Waals surface area (Å²) in [6, 6.07) is 15.4. The van der Waals surface area contributed by atoms with Crippen LogP contribution in [0.2, 0.25) is 0 Å². The van der Waals surface area contributed by atoms with E-state index in [0.29, 0.717) is 17.8 Å². The van der Waals surface area contributed by atoms with Crippen molar-refractivity contribution in [2.75, 3.05) is 50.0 Å². The second-order valence-corrected chi connectivity index (χ2v) is 6.91. The number of piperazine rings is 1. The number of hydrogen-bond acceptors (Lipinski definition) is 3. The minimum atomic E-state index is -0.163. The fourth-order valence-electron chi connectivity index (χ4n) is 3.47. The lowest BCUT2D eigenvalue weighted by atomic mass is 10.1. The standard InChI is InChI=1S/C21H26N4O2/c1-16-6-3-4-9-19(16)25-12-10-24(11-13-25)15-20(26)23-18-8-5-7-17(14-18)21(27)22-2/h3-9,14H,10-13,15H2,1-2H3,(H,22,27)(H,23,26)/p+1. The van der Waals surface area contributed by atoms with Gasteiger partial charge in [-0.15, -0.1) is 0 Å². The maximum absolute atomic E-state index is 12.4. The van der Waals surface area contributed by atoms with Gasteiger partial charge in [0.2, 0.25) is 0 Å². The number of carbonyl (C=O) groups is 2. The Hall–Kier alpha value is -2.86. The molecule has 142 valence electrons. The molecule has 1 fully saturated rings. The van der Waals surface area contributed by atoms with Crippen molar-refractivity contribution in [3.8, 4) is 0 Å². The number of aryl methyl sites for hydroxylation is 1. The summed E-state index contributed by atoms with van der Waals surface area (Å²) in [7, 11) is 1.59. The summed E-state index contributed by atoms with van der Waals surface area (Å²) in [6.07, 6.45) is 0. The van der Waals surface area contributed by atoms with Crippen LogP contribution in [0.4, 0.5) is 11.4 Å². The summed E-state index contributed by atoms with van der Waals surface area (Å²) >= 11 is 0. The fourth-order valence-corrected chi connectivity index (χ4v) is 3.47. The fraction of sp³-hybridized carbons (Fsp3) is 0.333. The van der Waals surface area contributed by atoms with Crippen LogP contribution >= 0.6 is 0 Å². The quantitative estimate of drug-likeness (QED) is 0.729.